The number of thiazole rings is 1. The normalized spacial score (nSPS) is 18.6. The van der Waals surface area contributed by atoms with Crippen molar-refractivity contribution in [3.05, 3.63) is 69.3 Å². The number of nitrogens with one attached hydrogen (secondary N) is 2. The largest absolute Gasteiger partial charge is 0.351 e. The lowest BCUT2D eigenvalue weighted by molar-refractivity contribution is 0.0951. The number of pyridine rings is 2. The molecule has 0 radical (unpaired) electrons. The van der Waals surface area contributed by atoms with E-state index in [4.69, 9.17) is 0 Å². The molecule has 10 heteroatoms. The Hall–Kier alpha value is -2.26. The van der Waals surface area contributed by atoms with Crippen molar-refractivity contribution in [1.29, 1.82) is 0 Å². The van der Waals surface area contributed by atoms with E-state index in [1.54, 1.807) is 29.8 Å². The lowest BCUT2D eigenvalue weighted by Crippen LogP contribution is -2.46. The van der Waals surface area contributed by atoms with E-state index in [1.165, 1.54) is 0 Å². The van der Waals surface area contributed by atoms with Gasteiger partial charge < -0.3 is 15.2 Å². The summed E-state index contributed by atoms with van der Waals surface area (Å²) < 4.78 is 1.81. The Morgan fingerprint density at radius 3 is 2.94 bits per heavy atom. The monoisotopic (exact) mass is 493 g/mol. The minimum Gasteiger partial charge on any atom is -0.351 e. The third kappa shape index (κ3) is 4.88. The molecule has 170 valence electrons. The van der Waals surface area contributed by atoms with Gasteiger partial charge in [0.1, 0.15) is 10.6 Å². The van der Waals surface area contributed by atoms with Crippen molar-refractivity contribution in [3.63, 3.8) is 0 Å². The van der Waals surface area contributed by atoms with Gasteiger partial charge in [-0.05, 0) is 43.1 Å². The van der Waals surface area contributed by atoms with Crippen LogP contribution in [0.25, 0.3) is 10.6 Å². The number of carbonyl (C=O) groups excluding carboxylic acids is 1. The standard InChI is InChI=1S/C22H23N5O2S.2ClH/c28-20(25-7-5-17-13-30-21(26-17)15-2-1-6-23-10-15)18-3-4-19-16-8-14(9-24-11-16)12-27(19)22(18)29;;/h1-4,6,10,13-14,16,24H,5,7-9,11-12H2,(H,25,28);2*1H/t14-,16+;;/m0../s1. The summed E-state index contributed by atoms with van der Waals surface area (Å²) in [6, 6.07) is 7.50. The first kappa shape index (κ1) is 24.4. The SMILES string of the molecule is Cl.Cl.O=C(NCCc1csc(-c2cccnc2)n1)c1ccc2n(c1=O)C[C@@H]1CNC[C@H]2C1. The molecule has 0 saturated carbocycles. The number of piperidine rings is 1. The Labute approximate surface area is 202 Å². The second-order valence-electron chi connectivity index (χ2n) is 7.94. The Morgan fingerprint density at radius 1 is 1.25 bits per heavy atom. The van der Waals surface area contributed by atoms with Gasteiger partial charge in [0.2, 0.25) is 0 Å². The minimum atomic E-state index is -0.313. The summed E-state index contributed by atoms with van der Waals surface area (Å²) >= 11 is 1.56. The summed E-state index contributed by atoms with van der Waals surface area (Å²) in [5, 5.41) is 9.23. The molecular weight excluding hydrogens is 469 g/mol. The molecule has 2 atom stereocenters. The Bertz CT molecular complexity index is 1130. The van der Waals surface area contributed by atoms with Gasteiger partial charge >= 0.3 is 0 Å². The van der Waals surface area contributed by atoms with E-state index in [1.807, 2.05) is 28.1 Å². The van der Waals surface area contributed by atoms with E-state index in [0.717, 1.165) is 41.5 Å². The summed E-state index contributed by atoms with van der Waals surface area (Å²) in [4.78, 5) is 34.3. The molecule has 0 aromatic carbocycles. The molecule has 3 aromatic rings. The van der Waals surface area contributed by atoms with Crippen molar-refractivity contribution in [1.82, 2.24) is 25.2 Å². The molecule has 1 fully saturated rings. The molecule has 5 rings (SSSR count). The van der Waals surface area contributed by atoms with Crippen molar-refractivity contribution in [2.75, 3.05) is 19.6 Å². The van der Waals surface area contributed by atoms with Crippen molar-refractivity contribution in [2.45, 2.75) is 25.3 Å². The molecule has 32 heavy (non-hydrogen) atoms. The second kappa shape index (κ2) is 10.6. The number of rotatable bonds is 5. The number of halogens is 2. The van der Waals surface area contributed by atoms with Crippen molar-refractivity contribution >= 4 is 42.1 Å². The van der Waals surface area contributed by atoms with E-state index in [9.17, 15) is 9.59 Å². The first-order valence-corrected chi connectivity index (χ1v) is 11.1. The number of carbonyl (C=O) groups is 1. The summed E-state index contributed by atoms with van der Waals surface area (Å²) in [6.07, 6.45) is 5.26. The molecule has 1 amide bonds. The Morgan fingerprint density at radius 2 is 2.12 bits per heavy atom. The lowest BCUT2D eigenvalue weighted by Gasteiger charge is -2.37. The maximum absolute atomic E-state index is 12.9. The van der Waals surface area contributed by atoms with E-state index in [0.29, 0.717) is 31.3 Å². The van der Waals surface area contributed by atoms with Crippen molar-refractivity contribution in [3.8, 4) is 10.6 Å². The molecule has 0 spiro atoms. The zero-order valence-corrected chi connectivity index (χ0v) is 19.8. The Kier molecular flexibility index (Phi) is 8.05. The maximum Gasteiger partial charge on any atom is 0.263 e. The summed E-state index contributed by atoms with van der Waals surface area (Å²) in [7, 11) is 0. The maximum atomic E-state index is 12.9. The molecule has 0 aliphatic carbocycles. The highest BCUT2D eigenvalue weighted by Gasteiger charge is 2.31. The average molecular weight is 494 g/mol. The van der Waals surface area contributed by atoms with Crippen LogP contribution in [0.3, 0.4) is 0 Å². The molecule has 2 bridgehead atoms. The lowest BCUT2D eigenvalue weighted by atomic mass is 9.84. The van der Waals surface area contributed by atoms with Gasteiger partial charge in [-0.3, -0.25) is 14.6 Å². The van der Waals surface area contributed by atoms with Crippen LogP contribution in [0.1, 0.15) is 34.1 Å². The molecular formula is C22H25Cl2N5O2S. The summed E-state index contributed by atoms with van der Waals surface area (Å²) in [6.45, 7) is 2.96. The number of nitrogens with zero attached hydrogens (tertiary/aromatic N) is 3. The Balaban J connectivity index is 0.00000144. The highest BCUT2D eigenvalue weighted by molar-refractivity contribution is 7.13. The van der Waals surface area contributed by atoms with Crippen LogP contribution in [-0.2, 0) is 13.0 Å². The first-order valence-electron chi connectivity index (χ1n) is 10.3. The van der Waals surface area contributed by atoms with Crippen LogP contribution in [0.2, 0.25) is 0 Å². The average Bonchev–Trinajstić information content (AvgIpc) is 3.24. The van der Waals surface area contributed by atoms with Crippen molar-refractivity contribution in [2.24, 2.45) is 5.92 Å². The summed E-state index contributed by atoms with van der Waals surface area (Å²) in [5.74, 6) is 0.513. The van der Waals surface area contributed by atoms with Gasteiger partial charge in [-0.15, -0.1) is 36.2 Å². The van der Waals surface area contributed by atoms with Gasteiger partial charge in [-0.2, -0.15) is 0 Å². The fourth-order valence-electron chi connectivity index (χ4n) is 4.41. The summed E-state index contributed by atoms with van der Waals surface area (Å²) in [5.41, 5.74) is 3.00. The van der Waals surface area contributed by atoms with E-state index in [2.05, 4.69) is 20.6 Å². The predicted molar refractivity (Wildman–Crippen MR) is 130 cm³/mol. The number of aromatic nitrogens is 3. The third-order valence-electron chi connectivity index (χ3n) is 5.88. The smallest absolute Gasteiger partial charge is 0.263 e. The molecule has 3 aromatic heterocycles. The number of fused-ring (bicyclic) bond motifs is 4. The number of amides is 1. The molecule has 1 saturated heterocycles. The molecule has 5 heterocycles. The van der Waals surface area contributed by atoms with Crippen LogP contribution in [0, 0.1) is 5.92 Å². The van der Waals surface area contributed by atoms with Crippen LogP contribution >= 0.6 is 36.2 Å². The highest BCUT2D eigenvalue weighted by Crippen LogP contribution is 2.31. The fraction of sp³-hybridized carbons (Fsp3) is 0.364. The first-order chi connectivity index (χ1) is 14.7. The minimum absolute atomic E-state index is 0. The van der Waals surface area contributed by atoms with Crippen LogP contribution < -0.4 is 16.2 Å². The van der Waals surface area contributed by atoms with Gasteiger partial charge in [0.05, 0.1) is 5.69 Å². The van der Waals surface area contributed by atoms with Gasteiger partial charge in [0.25, 0.3) is 11.5 Å². The van der Waals surface area contributed by atoms with Crippen LogP contribution in [0.4, 0.5) is 0 Å². The van der Waals surface area contributed by atoms with Crippen LogP contribution in [0.15, 0.2) is 46.8 Å². The van der Waals surface area contributed by atoms with Crippen LogP contribution in [0.5, 0.6) is 0 Å². The van der Waals surface area contributed by atoms with Crippen LogP contribution in [-0.4, -0.2) is 40.1 Å². The molecule has 2 aliphatic rings. The fourth-order valence-corrected chi connectivity index (χ4v) is 5.25. The van der Waals surface area contributed by atoms with E-state index in [-0.39, 0.29) is 41.8 Å². The highest BCUT2D eigenvalue weighted by atomic mass is 35.5. The zero-order valence-electron chi connectivity index (χ0n) is 17.3. The molecule has 7 nitrogen and oxygen atoms in total. The van der Waals surface area contributed by atoms with Gasteiger partial charge in [0, 0.05) is 61.0 Å². The number of hydrogen-bond donors (Lipinski definition) is 2. The zero-order chi connectivity index (χ0) is 20.5. The van der Waals surface area contributed by atoms with Crippen molar-refractivity contribution < 1.29 is 4.79 Å². The quantitative estimate of drug-likeness (QED) is 0.570. The number of hydrogen-bond acceptors (Lipinski definition) is 6. The molecule has 0 unspecified atom stereocenters. The molecule has 2 N–H and O–H groups in total. The predicted octanol–water partition coefficient (Wildman–Crippen LogP) is 2.89. The van der Waals surface area contributed by atoms with Gasteiger partial charge in [-0.1, -0.05) is 0 Å². The van der Waals surface area contributed by atoms with E-state index < -0.39 is 0 Å². The van der Waals surface area contributed by atoms with E-state index >= 15 is 0 Å². The van der Waals surface area contributed by atoms with Gasteiger partial charge in [0.15, 0.2) is 0 Å². The second-order valence-corrected chi connectivity index (χ2v) is 8.79. The topological polar surface area (TPSA) is 88.9 Å². The van der Waals surface area contributed by atoms with Gasteiger partial charge in [-0.25, -0.2) is 4.98 Å². The molecule has 2 aliphatic heterocycles. The third-order valence-corrected chi connectivity index (χ3v) is 6.82.